The summed E-state index contributed by atoms with van der Waals surface area (Å²) in [6.45, 7) is 1.15. The van der Waals surface area contributed by atoms with Crippen molar-refractivity contribution >= 4 is 11.7 Å². The van der Waals surface area contributed by atoms with Gasteiger partial charge in [-0.15, -0.1) is 0 Å². The number of carbonyl (C=O) groups is 1. The van der Waals surface area contributed by atoms with Gasteiger partial charge in [0.2, 0.25) is 0 Å². The molecule has 0 saturated carbocycles. The molecular formula is C25H24FN5O. The molecule has 2 N–H and O–H groups in total. The summed E-state index contributed by atoms with van der Waals surface area (Å²) in [4.78, 5) is 21.2. The number of nitrogens with zero attached hydrogens (tertiary/aromatic N) is 4. The number of benzene rings is 2. The van der Waals surface area contributed by atoms with Crippen LogP contribution < -0.4 is 10.6 Å². The second kappa shape index (κ2) is 8.77. The fraction of sp³-hybridized carbons (Fsp3) is 0.240. The normalized spacial score (nSPS) is 15.5. The number of likely N-dealkylation sites (tertiary alicyclic amines) is 1. The van der Waals surface area contributed by atoms with Gasteiger partial charge in [-0.05, 0) is 59.5 Å². The molecule has 1 aliphatic rings. The van der Waals surface area contributed by atoms with E-state index in [4.69, 9.17) is 11.0 Å². The van der Waals surface area contributed by atoms with Crippen LogP contribution in [-0.2, 0) is 0 Å². The molecule has 2 aromatic carbocycles. The Hall–Kier alpha value is -3.76. The Balaban J connectivity index is 1.81. The van der Waals surface area contributed by atoms with Gasteiger partial charge in [0.1, 0.15) is 17.7 Å². The van der Waals surface area contributed by atoms with Crippen molar-refractivity contribution in [1.82, 2.24) is 9.88 Å². The summed E-state index contributed by atoms with van der Waals surface area (Å²) in [5.74, 6) is 0.122. The maximum atomic E-state index is 14.4. The van der Waals surface area contributed by atoms with Crippen LogP contribution in [0, 0.1) is 17.1 Å². The molecule has 7 heteroatoms. The standard InChI is InChI=1S/C25H24FN5O/c1-30(2)24-8-6-19(14-29-24)21-7-5-17(25(32)31-10-9-20(28)15-31)11-22(21)16-3-4-18(13-27)23(26)12-16/h3-8,11-12,14,20H,9-10,15,28H2,1-2H3. The SMILES string of the molecule is CN(C)c1ccc(-c2ccc(C(=O)N3CCC(N)C3)cc2-c2ccc(C#N)c(F)c2)cn1. The molecule has 32 heavy (non-hydrogen) atoms. The lowest BCUT2D eigenvalue weighted by Gasteiger charge is -2.18. The molecule has 162 valence electrons. The second-order valence-corrected chi connectivity index (χ2v) is 8.17. The lowest BCUT2D eigenvalue weighted by atomic mass is 9.92. The number of hydrogen-bond acceptors (Lipinski definition) is 5. The first-order valence-corrected chi connectivity index (χ1v) is 10.4. The molecule has 1 amide bonds. The quantitative estimate of drug-likeness (QED) is 0.684. The molecule has 1 atom stereocenters. The smallest absolute Gasteiger partial charge is 0.253 e. The molecule has 1 saturated heterocycles. The molecule has 1 aromatic heterocycles. The summed E-state index contributed by atoms with van der Waals surface area (Å²) in [5.41, 5.74) is 9.41. The lowest BCUT2D eigenvalue weighted by molar-refractivity contribution is 0.0791. The van der Waals surface area contributed by atoms with Crippen LogP contribution in [0.4, 0.5) is 10.2 Å². The Morgan fingerprint density at radius 1 is 1.16 bits per heavy atom. The third-order valence-electron chi connectivity index (χ3n) is 5.70. The monoisotopic (exact) mass is 429 g/mol. The van der Waals surface area contributed by atoms with Crippen molar-refractivity contribution in [2.75, 3.05) is 32.1 Å². The predicted molar refractivity (Wildman–Crippen MR) is 123 cm³/mol. The first-order chi connectivity index (χ1) is 15.4. The molecule has 1 aliphatic heterocycles. The third kappa shape index (κ3) is 4.18. The van der Waals surface area contributed by atoms with E-state index in [1.54, 1.807) is 29.3 Å². The van der Waals surface area contributed by atoms with Crippen LogP contribution in [0.2, 0.25) is 0 Å². The minimum Gasteiger partial charge on any atom is -0.363 e. The number of nitriles is 1. The van der Waals surface area contributed by atoms with E-state index in [1.165, 1.54) is 12.1 Å². The minimum absolute atomic E-state index is 0.00778. The highest BCUT2D eigenvalue weighted by atomic mass is 19.1. The molecule has 1 fully saturated rings. The van der Waals surface area contributed by atoms with E-state index in [1.807, 2.05) is 43.3 Å². The zero-order chi connectivity index (χ0) is 22.8. The van der Waals surface area contributed by atoms with Crippen molar-refractivity contribution in [2.45, 2.75) is 12.5 Å². The highest BCUT2D eigenvalue weighted by molar-refractivity contribution is 5.98. The fourth-order valence-electron chi connectivity index (χ4n) is 3.91. The van der Waals surface area contributed by atoms with Crippen molar-refractivity contribution in [3.8, 4) is 28.3 Å². The van der Waals surface area contributed by atoms with Crippen molar-refractivity contribution in [3.05, 3.63) is 71.7 Å². The summed E-state index contributed by atoms with van der Waals surface area (Å²) in [5, 5.41) is 9.08. The number of nitrogens with two attached hydrogens (primary N) is 1. The number of carbonyl (C=O) groups excluding carboxylic acids is 1. The molecular weight excluding hydrogens is 405 g/mol. The van der Waals surface area contributed by atoms with Gasteiger partial charge in [0.15, 0.2) is 0 Å². The van der Waals surface area contributed by atoms with Crippen LogP contribution in [0.3, 0.4) is 0 Å². The van der Waals surface area contributed by atoms with Gasteiger partial charge in [0.05, 0.1) is 5.56 Å². The molecule has 2 heterocycles. The highest BCUT2D eigenvalue weighted by Crippen LogP contribution is 2.34. The molecule has 0 bridgehead atoms. The summed E-state index contributed by atoms with van der Waals surface area (Å²) in [6.07, 6.45) is 2.54. The maximum Gasteiger partial charge on any atom is 0.253 e. The van der Waals surface area contributed by atoms with Gasteiger partial charge in [-0.1, -0.05) is 12.1 Å². The zero-order valence-electron chi connectivity index (χ0n) is 18.0. The molecule has 4 rings (SSSR count). The zero-order valence-corrected chi connectivity index (χ0v) is 18.0. The van der Waals surface area contributed by atoms with E-state index in [0.717, 1.165) is 23.4 Å². The van der Waals surface area contributed by atoms with Gasteiger partial charge in [-0.25, -0.2) is 9.37 Å². The maximum absolute atomic E-state index is 14.4. The fourth-order valence-corrected chi connectivity index (χ4v) is 3.91. The number of anilines is 1. The van der Waals surface area contributed by atoms with Crippen molar-refractivity contribution in [2.24, 2.45) is 5.73 Å². The van der Waals surface area contributed by atoms with Gasteiger partial charge in [0.25, 0.3) is 5.91 Å². The number of halogens is 1. The Labute approximate surface area is 186 Å². The summed E-state index contributed by atoms with van der Waals surface area (Å²) in [6, 6.07) is 15.6. The van der Waals surface area contributed by atoms with Crippen molar-refractivity contribution in [1.29, 1.82) is 5.26 Å². The van der Waals surface area contributed by atoms with Crippen LogP contribution in [0.25, 0.3) is 22.3 Å². The van der Waals surface area contributed by atoms with Crippen molar-refractivity contribution < 1.29 is 9.18 Å². The van der Waals surface area contributed by atoms with Crippen LogP contribution in [0.5, 0.6) is 0 Å². The highest BCUT2D eigenvalue weighted by Gasteiger charge is 2.25. The Morgan fingerprint density at radius 3 is 2.53 bits per heavy atom. The molecule has 3 aromatic rings. The average Bonchev–Trinajstić information content (AvgIpc) is 3.24. The Bertz CT molecular complexity index is 1200. The number of aromatic nitrogens is 1. The minimum atomic E-state index is -0.598. The van der Waals surface area contributed by atoms with E-state index in [2.05, 4.69) is 4.98 Å². The molecule has 1 unspecified atom stereocenters. The summed E-state index contributed by atoms with van der Waals surface area (Å²) in [7, 11) is 3.83. The average molecular weight is 429 g/mol. The van der Waals surface area contributed by atoms with E-state index in [0.29, 0.717) is 29.8 Å². The number of pyridine rings is 1. The Kier molecular flexibility index (Phi) is 5.89. The third-order valence-corrected chi connectivity index (χ3v) is 5.70. The van der Waals surface area contributed by atoms with Crippen LogP contribution in [0.1, 0.15) is 22.3 Å². The summed E-state index contributed by atoms with van der Waals surface area (Å²) >= 11 is 0. The molecule has 0 radical (unpaired) electrons. The topological polar surface area (TPSA) is 86.3 Å². The Morgan fingerprint density at radius 2 is 1.94 bits per heavy atom. The molecule has 0 spiro atoms. The van der Waals surface area contributed by atoms with Gasteiger partial charge in [0, 0.05) is 50.6 Å². The first-order valence-electron chi connectivity index (χ1n) is 10.4. The van der Waals surface area contributed by atoms with Crippen LogP contribution >= 0.6 is 0 Å². The predicted octanol–water partition coefficient (Wildman–Crippen LogP) is 3.67. The molecule has 6 nitrogen and oxygen atoms in total. The van der Waals surface area contributed by atoms with Gasteiger partial charge >= 0.3 is 0 Å². The summed E-state index contributed by atoms with van der Waals surface area (Å²) < 4.78 is 14.4. The van der Waals surface area contributed by atoms with Gasteiger partial charge in [-0.2, -0.15) is 5.26 Å². The second-order valence-electron chi connectivity index (χ2n) is 8.17. The van der Waals surface area contributed by atoms with E-state index in [-0.39, 0.29) is 17.5 Å². The van der Waals surface area contributed by atoms with Gasteiger partial charge < -0.3 is 15.5 Å². The number of amides is 1. The largest absolute Gasteiger partial charge is 0.363 e. The number of rotatable bonds is 4. The van der Waals surface area contributed by atoms with E-state index < -0.39 is 5.82 Å². The van der Waals surface area contributed by atoms with E-state index >= 15 is 0 Å². The molecule has 0 aliphatic carbocycles. The van der Waals surface area contributed by atoms with E-state index in [9.17, 15) is 9.18 Å². The van der Waals surface area contributed by atoms with Gasteiger partial charge in [-0.3, -0.25) is 4.79 Å². The number of hydrogen-bond donors (Lipinski definition) is 1. The lowest BCUT2D eigenvalue weighted by Crippen LogP contribution is -2.31. The first kappa shape index (κ1) is 21.5. The van der Waals surface area contributed by atoms with Crippen LogP contribution in [-0.4, -0.2) is 49.0 Å². The van der Waals surface area contributed by atoms with Crippen LogP contribution in [0.15, 0.2) is 54.7 Å². The van der Waals surface area contributed by atoms with Crippen molar-refractivity contribution in [3.63, 3.8) is 0 Å².